The number of rotatable bonds is 3. The van der Waals surface area contributed by atoms with E-state index in [-0.39, 0.29) is 27.2 Å². The van der Waals surface area contributed by atoms with Gasteiger partial charge in [0.25, 0.3) is 0 Å². The third-order valence-corrected chi connectivity index (χ3v) is 5.95. The molecule has 0 bridgehead atoms. The number of nitrogens with zero attached hydrogens (tertiary/aromatic N) is 1. The average Bonchev–Trinajstić information content (AvgIpc) is 2.75. The fraction of sp³-hybridized carbons (Fsp3) is 0.364. The number of benzene rings is 1. The summed E-state index contributed by atoms with van der Waals surface area (Å²) in [5.41, 5.74) is 11.0. The molecule has 6 nitrogen and oxygen atoms in total. The van der Waals surface area contributed by atoms with Gasteiger partial charge in [0, 0.05) is 12.2 Å². The Hall–Kier alpha value is -1.02. The first kappa shape index (κ1) is 15.4. The first-order valence-electron chi connectivity index (χ1n) is 5.81. The second kappa shape index (κ2) is 5.40. The highest BCUT2D eigenvalue weighted by Gasteiger charge is 2.40. The van der Waals surface area contributed by atoms with E-state index in [1.165, 1.54) is 12.1 Å². The van der Waals surface area contributed by atoms with Crippen molar-refractivity contribution < 1.29 is 13.2 Å². The van der Waals surface area contributed by atoms with Crippen LogP contribution in [0.15, 0.2) is 17.0 Å². The number of hydrogen-bond donors (Lipinski definition) is 2. The highest BCUT2D eigenvalue weighted by atomic mass is 35.5. The van der Waals surface area contributed by atoms with Crippen molar-refractivity contribution in [2.75, 3.05) is 12.3 Å². The largest absolute Gasteiger partial charge is 0.399 e. The lowest BCUT2D eigenvalue weighted by atomic mass is 10.2. The van der Waals surface area contributed by atoms with Crippen LogP contribution in [0.4, 0.5) is 5.69 Å². The fourth-order valence-electron chi connectivity index (χ4n) is 2.26. The quantitative estimate of drug-likeness (QED) is 0.808. The summed E-state index contributed by atoms with van der Waals surface area (Å²) in [6, 6.07) is 1.73. The van der Waals surface area contributed by atoms with Crippen LogP contribution >= 0.6 is 23.2 Å². The predicted octanol–water partition coefficient (Wildman–Crippen LogP) is 1.21. The van der Waals surface area contributed by atoms with Gasteiger partial charge in [-0.1, -0.05) is 23.2 Å². The number of carbonyl (C=O) groups is 1. The van der Waals surface area contributed by atoms with Gasteiger partial charge in [0.1, 0.15) is 10.9 Å². The van der Waals surface area contributed by atoms with Gasteiger partial charge < -0.3 is 11.5 Å². The van der Waals surface area contributed by atoms with Crippen molar-refractivity contribution >= 4 is 44.8 Å². The van der Waals surface area contributed by atoms with E-state index in [1.807, 2.05) is 0 Å². The highest BCUT2D eigenvalue weighted by molar-refractivity contribution is 7.89. The van der Waals surface area contributed by atoms with Gasteiger partial charge in [-0.05, 0) is 25.0 Å². The van der Waals surface area contributed by atoms with Crippen LogP contribution < -0.4 is 11.5 Å². The molecule has 1 unspecified atom stereocenters. The van der Waals surface area contributed by atoms with E-state index in [9.17, 15) is 13.2 Å². The summed E-state index contributed by atoms with van der Waals surface area (Å²) in [5.74, 6) is -0.686. The molecule has 1 atom stereocenters. The van der Waals surface area contributed by atoms with Crippen molar-refractivity contribution in [1.82, 2.24) is 4.31 Å². The van der Waals surface area contributed by atoms with Crippen LogP contribution in [0.5, 0.6) is 0 Å². The molecule has 1 amide bonds. The maximum Gasteiger partial charge on any atom is 0.246 e. The molecule has 1 aliphatic rings. The minimum Gasteiger partial charge on any atom is -0.399 e. The Morgan fingerprint density at radius 3 is 2.35 bits per heavy atom. The Morgan fingerprint density at radius 1 is 1.30 bits per heavy atom. The first-order valence-corrected chi connectivity index (χ1v) is 8.00. The maximum absolute atomic E-state index is 12.6. The van der Waals surface area contributed by atoms with E-state index in [4.69, 9.17) is 34.7 Å². The standard InChI is InChI=1S/C11H13Cl2N3O3S/c12-7-4-6(14)5-8(13)10(7)20(18,19)16-3-1-2-9(16)11(15)17/h4-5,9H,1-3,14H2,(H2,15,17). The van der Waals surface area contributed by atoms with E-state index in [0.717, 1.165) is 4.31 Å². The Bertz CT molecular complexity index is 640. The van der Waals surface area contributed by atoms with Gasteiger partial charge in [0.05, 0.1) is 10.0 Å². The van der Waals surface area contributed by atoms with E-state index in [1.54, 1.807) is 0 Å². The van der Waals surface area contributed by atoms with Crippen LogP contribution in [0, 0.1) is 0 Å². The monoisotopic (exact) mass is 337 g/mol. The van der Waals surface area contributed by atoms with Gasteiger partial charge in [-0.2, -0.15) is 4.31 Å². The molecule has 1 aromatic rings. The molecule has 0 aliphatic carbocycles. The van der Waals surface area contributed by atoms with Crippen molar-refractivity contribution in [2.45, 2.75) is 23.8 Å². The van der Waals surface area contributed by atoms with Gasteiger partial charge in [0.2, 0.25) is 15.9 Å². The normalized spacial score (nSPS) is 20.2. The lowest BCUT2D eigenvalue weighted by Crippen LogP contribution is -2.43. The Balaban J connectivity index is 2.54. The molecular formula is C11H13Cl2N3O3S. The average molecular weight is 338 g/mol. The lowest BCUT2D eigenvalue weighted by Gasteiger charge is -2.22. The van der Waals surface area contributed by atoms with Crippen molar-refractivity contribution in [3.63, 3.8) is 0 Å². The topological polar surface area (TPSA) is 106 Å². The predicted molar refractivity (Wildman–Crippen MR) is 77.0 cm³/mol. The van der Waals surface area contributed by atoms with Crippen LogP contribution in [0.2, 0.25) is 10.0 Å². The van der Waals surface area contributed by atoms with E-state index < -0.39 is 22.0 Å². The number of halogens is 2. The summed E-state index contributed by atoms with van der Waals surface area (Å²) in [7, 11) is -4.00. The van der Waals surface area contributed by atoms with Crippen LogP contribution in [-0.2, 0) is 14.8 Å². The molecule has 1 aliphatic heterocycles. The summed E-state index contributed by atoms with van der Waals surface area (Å²) in [5, 5.41) is -0.157. The summed E-state index contributed by atoms with van der Waals surface area (Å²) >= 11 is 11.9. The number of sulfonamides is 1. The molecule has 0 radical (unpaired) electrons. The number of carbonyl (C=O) groups excluding carboxylic acids is 1. The molecule has 2 rings (SSSR count). The molecule has 1 fully saturated rings. The number of nitrogen functional groups attached to an aromatic ring is 1. The number of primary amides is 1. The molecule has 1 saturated heterocycles. The fourth-order valence-corrected chi connectivity index (χ4v) is 5.10. The van der Waals surface area contributed by atoms with Crippen molar-refractivity contribution in [1.29, 1.82) is 0 Å². The third-order valence-electron chi connectivity index (χ3n) is 3.12. The van der Waals surface area contributed by atoms with Gasteiger partial charge in [-0.3, -0.25) is 4.79 Å². The maximum atomic E-state index is 12.6. The van der Waals surface area contributed by atoms with Gasteiger partial charge in [-0.25, -0.2) is 8.42 Å². The minimum absolute atomic E-state index is 0.0786. The molecule has 20 heavy (non-hydrogen) atoms. The van der Waals surface area contributed by atoms with Crippen LogP contribution in [0.3, 0.4) is 0 Å². The Kier molecular flexibility index (Phi) is 4.15. The molecule has 9 heteroatoms. The van der Waals surface area contributed by atoms with E-state index in [0.29, 0.717) is 12.8 Å². The molecule has 110 valence electrons. The molecule has 1 heterocycles. The smallest absolute Gasteiger partial charge is 0.246 e. The van der Waals surface area contributed by atoms with Crippen molar-refractivity contribution in [2.24, 2.45) is 5.73 Å². The number of nitrogens with two attached hydrogens (primary N) is 2. The number of hydrogen-bond acceptors (Lipinski definition) is 4. The highest BCUT2D eigenvalue weighted by Crippen LogP contribution is 2.36. The minimum atomic E-state index is -4.00. The molecule has 0 saturated carbocycles. The van der Waals surface area contributed by atoms with Crippen LogP contribution in [0.1, 0.15) is 12.8 Å². The van der Waals surface area contributed by atoms with Gasteiger partial charge in [-0.15, -0.1) is 0 Å². The molecule has 0 aromatic heterocycles. The van der Waals surface area contributed by atoms with Gasteiger partial charge in [0.15, 0.2) is 0 Å². The summed E-state index contributed by atoms with van der Waals surface area (Å²) < 4.78 is 26.3. The first-order chi connectivity index (χ1) is 9.25. The van der Waals surface area contributed by atoms with Crippen molar-refractivity contribution in [3.05, 3.63) is 22.2 Å². The van der Waals surface area contributed by atoms with E-state index >= 15 is 0 Å². The molecular weight excluding hydrogens is 325 g/mol. The van der Waals surface area contributed by atoms with Crippen LogP contribution in [0.25, 0.3) is 0 Å². The number of anilines is 1. The Labute approximate surface area is 126 Å². The third kappa shape index (κ3) is 2.58. The zero-order valence-corrected chi connectivity index (χ0v) is 12.7. The zero-order valence-electron chi connectivity index (χ0n) is 10.3. The second-order valence-corrected chi connectivity index (χ2v) is 7.13. The number of amides is 1. The lowest BCUT2D eigenvalue weighted by molar-refractivity contribution is -0.121. The summed E-state index contributed by atoms with van der Waals surface area (Å²) in [4.78, 5) is 11.1. The second-order valence-electron chi connectivity index (χ2n) is 4.49. The summed E-state index contributed by atoms with van der Waals surface area (Å²) in [6.45, 7) is 0.201. The van der Waals surface area contributed by atoms with E-state index in [2.05, 4.69) is 0 Å². The molecule has 0 spiro atoms. The van der Waals surface area contributed by atoms with Gasteiger partial charge >= 0.3 is 0 Å². The molecule has 4 N–H and O–H groups in total. The van der Waals surface area contributed by atoms with Crippen molar-refractivity contribution in [3.8, 4) is 0 Å². The summed E-state index contributed by atoms with van der Waals surface area (Å²) in [6.07, 6.45) is 0.940. The Morgan fingerprint density at radius 2 is 1.85 bits per heavy atom. The SMILES string of the molecule is NC(=O)C1CCCN1S(=O)(=O)c1c(Cl)cc(N)cc1Cl. The van der Waals surface area contributed by atoms with Crippen LogP contribution in [-0.4, -0.2) is 31.2 Å². The zero-order chi connectivity index (χ0) is 15.1. The molecule has 1 aromatic carbocycles.